The number of carbonyl (C=O) groups excluding carboxylic acids is 1. The van der Waals surface area contributed by atoms with Gasteiger partial charge in [0.25, 0.3) is 0 Å². The van der Waals surface area contributed by atoms with Crippen LogP contribution in [0.25, 0.3) is 6.08 Å². The Morgan fingerprint density at radius 3 is 2.60 bits per heavy atom. The molecule has 0 bridgehead atoms. The van der Waals surface area contributed by atoms with Gasteiger partial charge in [0.2, 0.25) is 5.91 Å². The maximum Gasteiger partial charge on any atom is 0.246 e. The van der Waals surface area contributed by atoms with Crippen LogP contribution in [0.3, 0.4) is 0 Å². The van der Waals surface area contributed by atoms with E-state index in [2.05, 4.69) is 0 Å². The SMILES string of the molecule is COc1ccc(/C=C/C(=O)N(Cc2ccc(N(C)C)cc2)CC2CCCO2)cc1F. The molecule has 160 valence electrons. The Labute approximate surface area is 177 Å². The topological polar surface area (TPSA) is 42.0 Å². The van der Waals surface area contributed by atoms with Crippen LogP contribution in [-0.4, -0.2) is 51.3 Å². The van der Waals surface area contributed by atoms with Gasteiger partial charge < -0.3 is 19.3 Å². The number of methoxy groups -OCH3 is 1. The van der Waals surface area contributed by atoms with E-state index in [4.69, 9.17) is 9.47 Å². The predicted molar refractivity (Wildman–Crippen MR) is 117 cm³/mol. The molecule has 0 radical (unpaired) electrons. The summed E-state index contributed by atoms with van der Waals surface area (Å²) in [7, 11) is 5.41. The van der Waals surface area contributed by atoms with Gasteiger partial charge in [0.1, 0.15) is 0 Å². The molecule has 0 spiro atoms. The van der Waals surface area contributed by atoms with E-state index in [1.807, 2.05) is 43.3 Å². The summed E-state index contributed by atoms with van der Waals surface area (Å²) in [6.45, 7) is 1.77. The Hall–Kier alpha value is -2.86. The maximum atomic E-state index is 13.9. The van der Waals surface area contributed by atoms with Crippen LogP contribution in [0.4, 0.5) is 10.1 Å². The molecule has 1 atom stereocenters. The Kier molecular flexibility index (Phi) is 7.46. The standard InChI is InChI=1S/C24H29FN2O3/c1-26(2)20-10-6-19(7-11-20)16-27(17-21-5-4-14-30-21)24(28)13-9-18-8-12-23(29-3)22(25)15-18/h6-13,15,21H,4-5,14,16-17H2,1-3H3/b13-9+. The normalized spacial score (nSPS) is 16.1. The van der Waals surface area contributed by atoms with Crippen molar-refractivity contribution in [3.63, 3.8) is 0 Å². The molecular weight excluding hydrogens is 383 g/mol. The number of hydrogen-bond acceptors (Lipinski definition) is 4. The Bertz CT molecular complexity index is 875. The highest BCUT2D eigenvalue weighted by Crippen LogP contribution is 2.20. The molecule has 1 amide bonds. The number of halogens is 1. The summed E-state index contributed by atoms with van der Waals surface area (Å²) in [4.78, 5) is 16.8. The number of carbonyl (C=O) groups is 1. The fourth-order valence-corrected chi connectivity index (χ4v) is 3.45. The van der Waals surface area contributed by atoms with Crippen molar-refractivity contribution in [1.29, 1.82) is 0 Å². The van der Waals surface area contributed by atoms with Crippen molar-refractivity contribution in [2.75, 3.05) is 39.3 Å². The van der Waals surface area contributed by atoms with E-state index in [9.17, 15) is 9.18 Å². The maximum absolute atomic E-state index is 13.9. The van der Waals surface area contributed by atoms with Crippen molar-refractivity contribution in [3.8, 4) is 5.75 Å². The van der Waals surface area contributed by atoms with Gasteiger partial charge in [0, 0.05) is 45.6 Å². The summed E-state index contributed by atoms with van der Waals surface area (Å²) in [5, 5.41) is 0. The lowest BCUT2D eigenvalue weighted by molar-refractivity contribution is -0.128. The van der Waals surface area contributed by atoms with Gasteiger partial charge >= 0.3 is 0 Å². The third-order valence-electron chi connectivity index (χ3n) is 5.18. The lowest BCUT2D eigenvalue weighted by atomic mass is 10.1. The average Bonchev–Trinajstić information content (AvgIpc) is 3.25. The van der Waals surface area contributed by atoms with Crippen molar-refractivity contribution >= 4 is 17.7 Å². The molecule has 1 unspecified atom stereocenters. The first kappa shape index (κ1) is 21.8. The van der Waals surface area contributed by atoms with Crippen LogP contribution >= 0.6 is 0 Å². The number of rotatable bonds is 8. The highest BCUT2D eigenvalue weighted by molar-refractivity contribution is 5.91. The van der Waals surface area contributed by atoms with E-state index >= 15 is 0 Å². The largest absolute Gasteiger partial charge is 0.494 e. The zero-order valence-corrected chi connectivity index (χ0v) is 17.8. The molecule has 6 heteroatoms. The summed E-state index contributed by atoms with van der Waals surface area (Å²) in [5.41, 5.74) is 2.77. The van der Waals surface area contributed by atoms with Crippen LogP contribution in [0.15, 0.2) is 48.5 Å². The molecule has 1 aliphatic heterocycles. The first-order valence-corrected chi connectivity index (χ1v) is 10.1. The fraction of sp³-hybridized carbons (Fsp3) is 0.375. The first-order chi connectivity index (χ1) is 14.5. The average molecular weight is 413 g/mol. The third kappa shape index (κ3) is 5.83. The molecule has 0 aliphatic carbocycles. The molecule has 1 fully saturated rings. The van der Waals surface area contributed by atoms with E-state index in [1.54, 1.807) is 23.1 Å². The summed E-state index contributed by atoms with van der Waals surface area (Å²) < 4.78 is 24.6. The molecule has 1 heterocycles. The highest BCUT2D eigenvalue weighted by atomic mass is 19.1. The monoisotopic (exact) mass is 412 g/mol. The van der Waals surface area contributed by atoms with E-state index in [0.29, 0.717) is 18.7 Å². The van der Waals surface area contributed by atoms with Crippen LogP contribution in [0.2, 0.25) is 0 Å². The zero-order chi connectivity index (χ0) is 21.5. The van der Waals surface area contributed by atoms with Gasteiger partial charge in [-0.2, -0.15) is 0 Å². The molecule has 0 aromatic heterocycles. The van der Waals surface area contributed by atoms with Crippen LogP contribution < -0.4 is 9.64 Å². The van der Waals surface area contributed by atoms with Gasteiger partial charge in [-0.1, -0.05) is 18.2 Å². The second-order valence-corrected chi connectivity index (χ2v) is 7.64. The molecule has 2 aromatic carbocycles. The van der Waals surface area contributed by atoms with Crippen LogP contribution in [0.5, 0.6) is 5.75 Å². The number of hydrogen-bond donors (Lipinski definition) is 0. The molecule has 1 aliphatic rings. The number of nitrogens with zero attached hydrogens (tertiary/aromatic N) is 2. The summed E-state index contributed by atoms with van der Waals surface area (Å²) in [6.07, 6.45) is 5.15. The third-order valence-corrected chi connectivity index (χ3v) is 5.18. The minimum absolute atomic E-state index is 0.0572. The number of anilines is 1. The van der Waals surface area contributed by atoms with Crippen molar-refractivity contribution in [1.82, 2.24) is 4.90 Å². The lowest BCUT2D eigenvalue weighted by Crippen LogP contribution is -2.35. The molecule has 30 heavy (non-hydrogen) atoms. The predicted octanol–water partition coefficient (Wildman–Crippen LogP) is 4.12. The number of ether oxygens (including phenoxy) is 2. The Balaban J connectivity index is 1.73. The van der Waals surface area contributed by atoms with E-state index in [0.717, 1.165) is 30.7 Å². The van der Waals surface area contributed by atoms with Gasteiger partial charge in [-0.3, -0.25) is 4.79 Å². The Morgan fingerprint density at radius 2 is 2.00 bits per heavy atom. The fourth-order valence-electron chi connectivity index (χ4n) is 3.45. The summed E-state index contributed by atoms with van der Waals surface area (Å²) in [6, 6.07) is 12.8. The van der Waals surface area contributed by atoms with E-state index < -0.39 is 5.82 Å². The minimum atomic E-state index is -0.454. The smallest absolute Gasteiger partial charge is 0.246 e. The molecule has 0 saturated carbocycles. The molecule has 2 aromatic rings. The van der Waals surface area contributed by atoms with Gasteiger partial charge in [-0.05, 0) is 54.3 Å². The molecular formula is C24H29FN2O3. The minimum Gasteiger partial charge on any atom is -0.494 e. The number of amides is 1. The van der Waals surface area contributed by atoms with Crippen LogP contribution in [-0.2, 0) is 16.1 Å². The quantitative estimate of drug-likeness (QED) is 0.612. The molecule has 5 nitrogen and oxygen atoms in total. The van der Waals surface area contributed by atoms with Crippen molar-refractivity contribution in [3.05, 3.63) is 65.5 Å². The number of benzene rings is 2. The second kappa shape index (κ2) is 10.3. The van der Waals surface area contributed by atoms with Gasteiger partial charge in [0.15, 0.2) is 11.6 Å². The first-order valence-electron chi connectivity index (χ1n) is 10.1. The van der Waals surface area contributed by atoms with Gasteiger partial charge in [0.05, 0.1) is 13.2 Å². The molecule has 0 N–H and O–H groups in total. The molecule has 1 saturated heterocycles. The van der Waals surface area contributed by atoms with E-state index in [1.165, 1.54) is 19.3 Å². The van der Waals surface area contributed by atoms with Crippen LogP contribution in [0, 0.1) is 5.82 Å². The summed E-state index contributed by atoms with van der Waals surface area (Å²) in [5.74, 6) is -0.401. The van der Waals surface area contributed by atoms with Crippen molar-refractivity contribution < 1.29 is 18.7 Å². The highest BCUT2D eigenvalue weighted by Gasteiger charge is 2.21. The lowest BCUT2D eigenvalue weighted by Gasteiger charge is -2.25. The van der Waals surface area contributed by atoms with Crippen molar-refractivity contribution in [2.24, 2.45) is 0 Å². The second-order valence-electron chi connectivity index (χ2n) is 7.64. The summed E-state index contributed by atoms with van der Waals surface area (Å²) >= 11 is 0. The van der Waals surface area contributed by atoms with Gasteiger partial charge in [-0.15, -0.1) is 0 Å². The van der Waals surface area contributed by atoms with Crippen LogP contribution in [0.1, 0.15) is 24.0 Å². The molecule has 3 rings (SSSR count). The van der Waals surface area contributed by atoms with Gasteiger partial charge in [-0.25, -0.2) is 4.39 Å². The van der Waals surface area contributed by atoms with Crippen molar-refractivity contribution in [2.45, 2.75) is 25.5 Å². The van der Waals surface area contributed by atoms with E-state index in [-0.39, 0.29) is 17.8 Å². The Morgan fingerprint density at radius 1 is 1.23 bits per heavy atom. The zero-order valence-electron chi connectivity index (χ0n) is 17.8.